The number of anilines is 1. The SMILES string of the molecule is Cc1ccc(Oc2nc(Cl)ncc2N)c(Br)c1. The second-order valence-electron chi connectivity index (χ2n) is 3.44. The molecule has 2 N–H and O–H groups in total. The maximum absolute atomic E-state index is 5.69. The molecule has 1 aromatic heterocycles. The van der Waals surface area contributed by atoms with E-state index in [1.165, 1.54) is 6.20 Å². The standard InChI is InChI=1S/C11H9BrClN3O/c1-6-2-3-9(7(12)4-6)17-10-8(14)5-15-11(13)16-10/h2-5H,14H2,1H3. The number of aromatic nitrogens is 2. The molecule has 0 amide bonds. The van der Waals surface area contributed by atoms with Crippen LogP contribution in [-0.4, -0.2) is 9.97 Å². The molecule has 0 saturated heterocycles. The molecular formula is C11H9BrClN3O. The number of aryl methyl sites for hydroxylation is 1. The highest BCUT2D eigenvalue weighted by Crippen LogP contribution is 2.32. The molecule has 0 aliphatic carbocycles. The molecule has 0 aliphatic heterocycles. The molecule has 0 spiro atoms. The third kappa shape index (κ3) is 2.87. The smallest absolute Gasteiger partial charge is 0.247 e. The first-order valence-electron chi connectivity index (χ1n) is 4.78. The van der Waals surface area contributed by atoms with E-state index in [1.54, 1.807) is 0 Å². The van der Waals surface area contributed by atoms with Gasteiger partial charge in [0.25, 0.3) is 0 Å². The lowest BCUT2D eigenvalue weighted by atomic mass is 10.2. The summed E-state index contributed by atoms with van der Waals surface area (Å²) in [6, 6.07) is 5.70. The van der Waals surface area contributed by atoms with Crippen molar-refractivity contribution in [3.63, 3.8) is 0 Å². The van der Waals surface area contributed by atoms with Crippen molar-refractivity contribution in [2.24, 2.45) is 0 Å². The highest BCUT2D eigenvalue weighted by Gasteiger charge is 2.08. The molecule has 0 fully saturated rings. The van der Waals surface area contributed by atoms with Crippen LogP contribution >= 0.6 is 27.5 Å². The van der Waals surface area contributed by atoms with Crippen LogP contribution < -0.4 is 10.5 Å². The van der Waals surface area contributed by atoms with Crippen LogP contribution in [-0.2, 0) is 0 Å². The van der Waals surface area contributed by atoms with Gasteiger partial charge >= 0.3 is 0 Å². The van der Waals surface area contributed by atoms with Crippen molar-refractivity contribution in [2.45, 2.75) is 6.92 Å². The minimum atomic E-state index is 0.0948. The van der Waals surface area contributed by atoms with Crippen LogP contribution in [0.2, 0.25) is 5.28 Å². The normalized spacial score (nSPS) is 10.3. The minimum Gasteiger partial charge on any atom is -0.436 e. The van der Waals surface area contributed by atoms with E-state index in [0.29, 0.717) is 11.4 Å². The molecule has 0 radical (unpaired) electrons. The van der Waals surface area contributed by atoms with E-state index in [4.69, 9.17) is 22.1 Å². The monoisotopic (exact) mass is 313 g/mol. The Bertz CT molecular complexity index is 562. The Morgan fingerprint density at radius 2 is 2.18 bits per heavy atom. The Labute approximate surface area is 112 Å². The van der Waals surface area contributed by atoms with Crippen LogP contribution in [0.4, 0.5) is 5.69 Å². The van der Waals surface area contributed by atoms with Crippen LogP contribution in [0.1, 0.15) is 5.56 Å². The largest absolute Gasteiger partial charge is 0.436 e. The van der Waals surface area contributed by atoms with Gasteiger partial charge in [-0.2, -0.15) is 4.98 Å². The van der Waals surface area contributed by atoms with Crippen LogP contribution in [0.15, 0.2) is 28.9 Å². The average Bonchev–Trinajstić information content (AvgIpc) is 2.27. The molecule has 0 saturated carbocycles. The van der Waals surface area contributed by atoms with Gasteiger partial charge in [-0.3, -0.25) is 0 Å². The van der Waals surface area contributed by atoms with Crippen molar-refractivity contribution in [1.29, 1.82) is 0 Å². The molecule has 0 unspecified atom stereocenters. The fraction of sp³-hybridized carbons (Fsp3) is 0.0909. The van der Waals surface area contributed by atoms with Gasteiger partial charge in [-0.15, -0.1) is 0 Å². The second-order valence-corrected chi connectivity index (χ2v) is 4.63. The molecule has 6 heteroatoms. The zero-order chi connectivity index (χ0) is 12.4. The zero-order valence-corrected chi connectivity index (χ0v) is 11.3. The van der Waals surface area contributed by atoms with Gasteiger partial charge in [-0.05, 0) is 52.2 Å². The van der Waals surface area contributed by atoms with Crippen molar-refractivity contribution in [1.82, 2.24) is 9.97 Å². The zero-order valence-electron chi connectivity index (χ0n) is 8.95. The van der Waals surface area contributed by atoms with Crippen LogP contribution in [0.3, 0.4) is 0 Å². The number of hydrogen-bond donors (Lipinski definition) is 1. The number of nitrogen functional groups attached to an aromatic ring is 1. The molecule has 2 rings (SSSR count). The van der Waals surface area contributed by atoms with Gasteiger partial charge < -0.3 is 10.5 Å². The van der Waals surface area contributed by atoms with Crippen molar-refractivity contribution < 1.29 is 4.74 Å². The van der Waals surface area contributed by atoms with Crippen molar-refractivity contribution in [3.05, 3.63) is 39.7 Å². The summed E-state index contributed by atoms with van der Waals surface area (Å²) in [6.45, 7) is 1.99. The van der Waals surface area contributed by atoms with E-state index in [2.05, 4.69) is 25.9 Å². The first-order chi connectivity index (χ1) is 8.06. The number of benzene rings is 1. The summed E-state index contributed by atoms with van der Waals surface area (Å²) in [4.78, 5) is 7.67. The summed E-state index contributed by atoms with van der Waals surface area (Å²) >= 11 is 9.08. The van der Waals surface area contributed by atoms with Crippen molar-refractivity contribution in [3.8, 4) is 11.6 Å². The molecule has 2 aromatic rings. The van der Waals surface area contributed by atoms with Gasteiger partial charge in [-0.1, -0.05) is 6.07 Å². The van der Waals surface area contributed by atoms with E-state index in [1.807, 2.05) is 25.1 Å². The molecule has 1 aromatic carbocycles. The Morgan fingerprint density at radius 3 is 2.88 bits per heavy atom. The third-order valence-electron chi connectivity index (χ3n) is 2.04. The van der Waals surface area contributed by atoms with E-state index in [9.17, 15) is 0 Å². The topological polar surface area (TPSA) is 61.0 Å². The fourth-order valence-corrected chi connectivity index (χ4v) is 1.93. The molecule has 4 nitrogen and oxygen atoms in total. The van der Waals surface area contributed by atoms with E-state index >= 15 is 0 Å². The van der Waals surface area contributed by atoms with Crippen molar-refractivity contribution in [2.75, 3.05) is 5.73 Å². The molecule has 17 heavy (non-hydrogen) atoms. The highest BCUT2D eigenvalue weighted by molar-refractivity contribution is 9.10. The minimum absolute atomic E-state index is 0.0948. The molecule has 0 atom stereocenters. The summed E-state index contributed by atoms with van der Waals surface area (Å²) in [5, 5.41) is 0.0948. The first-order valence-corrected chi connectivity index (χ1v) is 5.95. The number of rotatable bonds is 2. The average molecular weight is 315 g/mol. The molecule has 0 bridgehead atoms. The Hall–Kier alpha value is -1.33. The van der Waals surface area contributed by atoms with Gasteiger partial charge in [0.15, 0.2) is 0 Å². The molecule has 88 valence electrons. The summed E-state index contributed by atoms with van der Waals surface area (Å²) < 4.78 is 6.39. The lowest BCUT2D eigenvalue weighted by Gasteiger charge is -2.09. The summed E-state index contributed by atoms with van der Waals surface area (Å²) in [5.41, 5.74) is 7.15. The Morgan fingerprint density at radius 1 is 1.41 bits per heavy atom. The van der Waals surface area contributed by atoms with Gasteiger partial charge in [0, 0.05) is 0 Å². The first kappa shape index (κ1) is 12.1. The second kappa shape index (κ2) is 4.89. The van der Waals surface area contributed by atoms with Gasteiger partial charge in [0.2, 0.25) is 11.2 Å². The van der Waals surface area contributed by atoms with Gasteiger partial charge in [0.05, 0.1) is 10.7 Å². The summed E-state index contributed by atoms with van der Waals surface area (Å²) in [7, 11) is 0. The maximum Gasteiger partial charge on any atom is 0.247 e. The third-order valence-corrected chi connectivity index (χ3v) is 2.85. The lowest BCUT2D eigenvalue weighted by molar-refractivity contribution is 0.461. The quantitative estimate of drug-likeness (QED) is 0.861. The molecule has 0 aliphatic rings. The van der Waals surface area contributed by atoms with Crippen LogP contribution in [0.25, 0.3) is 0 Å². The van der Waals surface area contributed by atoms with Gasteiger partial charge in [0.1, 0.15) is 11.4 Å². The van der Waals surface area contributed by atoms with E-state index in [-0.39, 0.29) is 11.2 Å². The molecular weight excluding hydrogens is 305 g/mol. The maximum atomic E-state index is 5.69. The number of nitrogens with two attached hydrogens (primary N) is 1. The van der Waals surface area contributed by atoms with E-state index < -0.39 is 0 Å². The Balaban J connectivity index is 2.34. The number of halogens is 2. The van der Waals surface area contributed by atoms with E-state index in [0.717, 1.165) is 10.0 Å². The number of hydrogen-bond acceptors (Lipinski definition) is 4. The van der Waals surface area contributed by atoms with Crippen molar-refractivity contribution >= 4 is 33.2 Å². The summed E-state index contributed by atoms with van der Waals surface area (Å²) in [5.74, 6) is 0.867. The summed E-state index contributed by atoms with van der Waals surface area (Å²) in [6.07, 6.45) is 1.41. The van der Waals surface area contributed by atoms with Gasteiger partial charge in [-0.25, -0.2) is 4.98 Å². The lowest BCUT2D eigenvalue weighted by Crippen LogP contribution is -1.97. The predicted octanol–water partition coefficient (Wildman–Crippen LogP) is 3.58. The number of nitrogens with zero attached hydrogens (tertiary/aromatic N) is 2. The van der Waals surface area contributed by atoms with Crippen LogP contribution in [0, 0.1) is 6.92 Å². The van der Waals surface area contributed by atoms with Crippen LogP contribution in [0.5, 0.6) is 11.6 Å². The predicted molar refractivity (Wildman–Crippen MR) is 70.4 cm³/mol. The molecule has 1 heterocycles. The number of ether oxygens (including phenoxy) is 1. The Kier molecular flexibility index (Phi) is 3.49. The fourth-order valence-electron chi connectivity index (χ4n) is 1.23. The highest BCUT2D eigenvalue weighted by atomic mass is 79.9.